The maximum Gasteiger partial charge on any atom is 0.129 e. The average molecular weight is 157 g/mol. The third kappa shape index (κ3) is 1.94. The highest BCUT2D eigenvalue weighted by Gasteiger charge is 2.37. The molecule has 0 aliphatic heterocycles. The molecule has 1 saturated carbocycles. The highest BCUT2D eigenvalue weighted by molar-refractivity contribution is 4.86. The van der Waals surface area contributed by atoms with Gasteiger partial charge in [0.05, 0.1) is 6.61 Å². The van der Waals surface area contributed by atoms with Crippen molar-refractivity contribution >= 4 is 0 Å². The normalized spacial score (nSPS) is 39.0. The van der Waals surface area contributed by atoms with Crippen molar-refractivity contribution in [1.82, 2.24) is 0 Å². The number of hydrogen-bond acceptors (Lipinski definition) is 1. The number of methoxy groups -OCH3 is 1. The summed E-state index contributed by atoms with van der Waals surface area (Å²) in [5.41, 5.74) is -0.785. The van der Waals surface area contributed by atoms with Crippen LogP contribution in [-0.2, 0) is 9.84 Å². The monoisotopic (exact) mass is 157 g/mol. The van der Waals surface area contributed by atoms with Gasteiger partial charge in [0.2, 0.25) is 0 Å². The van der Waals surface area contributed by atoms with Gasteiger partial charge in [-0.05, 0) is 18.8 Å². The third-order valence-corrected chi connectivity index (χ3v) is 2.77. The predicted octanol–water partition coefficient (Wildman–Crippen LogP) is 2.01. The lowest BCUT2D eigenvalue weighted by atomic mass is 9.77. The van der Waals surface area contributed by atoms with Gasteiger partial charge in [-0.1, -0.05) is 19.8 Å². The van der Waals surface area contributed by atoms with Gasteiger partial charge in [-0.15, -0.1) is 0 Å². The fourth-order valence-electron chi connectivity index (χ4n) is 1.84. The largest absolute Gasteiger partial charge is 0.382 e. The van der Waals surface area contributed by atoms with Crippen LogP contribution in [0.1, 0.15) is 32.6 Å². The minimum atomic E-state index is -0.785. The Balaban J connectivity index is 2.49. The Kier molecular flexibility index (Phi) is 2.90. The zero-order chi connectivity index (χ0) is 8.32. The highest BCUT2D eigenvalue weighted by Crippen LogP contribution is 2.33. The summed E-state index contributed by atoms with van der Waals surface area (Å²) in [5.74, 6) is 0.288. The van der Waals surface area contributed by atoms with Gasteiger partial charge >= 0.3 is 0 Å². The summed E-state index contributed by atoms with van der Waals surface area (Å²) in [6.45, 7) is 2.43. The molecule has 2 heteroatoms. The topological polar surface area (TPSA) is 29.1 Å². The van der Waals surface area contributed by atoms with Crippen LogP contribution < -0.4 is 0 Å². The molecule has 0 aromatic rings. The van der Waals surface area contributed by atoms with Gasteiger partial charge in [0.15, 0.2) is 0 Å². The minimum Gasteiger partial charge on any atom is -0.382 e. The van der Waals surface area contributed by atoms with E-state index in [1.165, 1.54) is 6.42 Å². The predicted molar refractivity (Wildman–Crippen MR) is 42.9 cm³/mol. The maximum atomic E-state index is 11.9. The van der Waals surface area contributed by atoms with Crippen molar-refractivity contribution in [3.05, 3.63) is 0 Å². The SMILES string of the molecule is COCC1([O])CCCCC1C. The molecule has 65 valence electrons. The summed E-state index contributed by atoms with van der Waals surface area (Å²) in [5, 5.41) is 11.9. The molecule has 1 aliphatic carbocycles. The van der Waals surface area contributed by atoms with E-state index in [-0.39, 0.29) is 5.92 Å². The van der Waals surface area contributed by atoms with E-state index < -0.39 is 5.60 Å². The lowest BCUT2D eigenvalue weighted by Crippen LogP contribution is -2.41. The van der Waals surface area contributed by atoms with Crippen molar-refractivity contribution in [1.29, 1.82) is 0 Å². The Morgan fingerprint density at radius 2 is 2.27 bits per heavy atom. The molecule has 0 bridgehead atoms. The molecule has 0 spiro atoms. The molecule has 0 aromatic heterocycles. The van der Waals surface area contributed by atoms with E-state index in [1.807, 2.05) is 6.92 Å². The molecule has 1 rings (SSSR count). The molecule has 2 unspecified atom stereocenters. The van der Waals surface area contributed by atoms with Gasteiger partial charge < -0.3 is 4.74 Å². The quantitative estimate of drug-likeness (QED) is 0.603. The van der Waals surface area contributed by atoms with Gasteiger partial charge in [-0.3, -0.25) is 0 Å². The lowest BCUT2D eigenvalue weighted by Gasteiger charge is -2.35. The molecule has 2 atom stereocenters. The van der Waals surface area contributed by atoms with Crippen LogP contribution in [0.3, 0.4) is 0 Å². The average Bonchev–Trinajstić information content (AvgIpc) is 1.96. The van der Waals surface area contributed by atoms with E-state index in [4.69, 9.17) is 4.74 Å². The summed E-state index contributed by atoms with van der Waals surface area (Å²) in [6.07, 6.45) is 4.17. The molecule has 2 nitrogen and oxygen atoms in total. The van der Waals surface area contributed by atoms with Crippen LogP contribution in [0, 0.1) is 5.92 Å². The molecule has 1 fully saturated rings. The van der Waals surface area contributed by atoms with E-state index in [0.29, 0.717) is 6.61 Å². The smallest absolute Gasteiger partial charge is 0.129 e. The molecule has 0 aromatic carbocycles. The van der Waals surface area contributed by atoms with Crippen LogP contribution in [0.5, 0.6) is 0 Å². The van der Waals surface area contributed by atoms with Crippen molar-refractivity contribution in [3.63, 3.8) is 0 Å². The first-order valence-electron chi connectivity index (χ1n) is 4.38. The van der Waals surface area contributed by atoms with E-state index in [0.717, 1.165) is 19.3 Å². The molecule has 0 N–H and O–H groups in total. The summed E-state index contributed by atoms with van der Waals surface area (Å²) in [7, 11) is 1.61. The standard InChI is InChI=1S/C9H17O2/c1-8-5-3-4-6-9(8,10)7-11-2/h8H,3-7H2,1-2H3. The molecule has 11 heavy (non-hydrogen) atoms. The summed E-state index contributed by atoms with van der Waals surface area (Å²) in [6, 6.07) is 0. The molecule has 0 heterocycles. The van der Waals surface area contributed by atoms with Gasteiger partial charge in [0, 0.05) is 7.11 Å². The van der Waals surface area contributed by atoms with Crippen molar-refractivity contribution in [2.75, 3.05) is 13.7 Å². The zero-order valence-electron chi connectivity index (χ0n) is 7.43. The van der Waals surface area contributed by atoms with Gasteiger partial charge in [0.25, 0.3) is 0 Å². The molecule has 0 amide bonds. The molecular formula is C9H17O2. The van der Waals surface area contributed by atoms with Crippen molar-refractivity contribution in [3.8, 4) is 0 Å². The van der Waals surface area contributed by atoms with Gasteiger partial charge in [0.1, 0.15) is 5.60 Å². The maximum absolute atomic E-state index is 11.9. The lowest BCUT2D eigenvalue weighted by molar-refractivity contribution is -0.134. The summed E-state index contributed by atoms with van der Waals surface area (Å²) in [4.78, 5) is 0. The zero-order valence-corrected chi connectivity index (χ0v) is 7.43. The Morgan fingerprint density at radius 3 is 2.82 bits per heavy atom. The summed E-state index contributed by atoms with van der Waals surface area (Å²) < 4.78 is 4.94. The fourth-order valence-corrected chi connectivity index (χ4v) is 1.84. The fraction of sp³-hybridized carbons (Fsp3) is 1.00. The second kappa shape index (κ2) is 3.55. The van der Waals surface area contributed by atoms with Gasteiger partial charge in [-0.2, -0.15) is 0 Å². The third-order valence-electron chi connectivity index (χ3n) is 2.77. The van der Waals surface area contributed by atoms with Crippen molar-refractivity contribution < 1.29 is 9.84 Å². The highest BCUT2D eigenvalue weighted by atomic mass is 16.5. The molecule has 0 saturated heterocycles. The summed E-state index contributed by atoms with van der Waals surface area (Å²) >= 11 is 0. The molecule has 1 radical (unpaired) electrons. The Hall–Kier alpha value is -0.0800. The van der Waals surface area contributed by atoms with Crippen LogP contribution in [0.15, 0.2) is 0 Å². The molecule has 1 aliphatic rings. The van der Waals surface area contributed by atoms with E-state index in [9.17, 15) is 5.11 Å². The van der Waals surface area contributed by atoms with Crippen LogP contribution in [0.2, 0.25) is 0 Å². The molecular weight excluding hydrogens is 140 g/mol. The van der Waals surface area contributed by atoms with E-state index in [1.54, 1.807) is 7.11 Å². The number of ether oxygens (including phenoxy) is 1. The van der Waals surface area contributed by atoms with Gasteiger partial charge in [-0.25, -0.2) is 5.11 Å². The van der Waals surface area contributed by atoms with Crippen LogP contribution in [0.25, 0.3) is 0 Å². The first-order chi connectivity index (χ1) is 5.19. The first kappa shape index (κ1) is 9.01. The van der Waals surface area contributed by atoms with E-state index in [2.05, 4.69) is 0 Å². The Morgan fingerprint density at radius 1 is 1.55 bits per heavy atom. The second-order valence-corrected chi connectivity index (χ2v) is 3.64. The van der Waals surface area contributed by atoms with Crippen LogP contribution in [-0.4, -0.2) is 19.3 Å². The minimum absolute atomic E-state index is 0.288. The Bertz CT molecular complexity index is 121. The first-order valence-corrected chi connectivity index (χ1v) is 4.38. The number of rotatable bonds is 2. The van der Waals surface area contributed by atoms with Crippen molar-refractivity contribution in [2.24, 2.45) is 5.92 Å². The van der Waals surface area contributed by atoms with Crippen LogP contribution >= 0.6 is 0 Å². The van der Waals surface area contributed by atoms with Crippen molar-refractivity contribution in [2.45, 2.75) is 38.2 Å². The Labute approximate surface area is 68.6 Å². The second-order valence-electron chi connectivity index (χ2n) is 3.64. The van der Waals surface area contributed by atoms with Crippen LogP contribution in [0.4, 0.5) is 0 Å². The number of hydrogen-bond donors (Lipinski definition) is 0. The van der Waals surface area contributed by atoms with E-state index >= 15 is 0 Å².